The summed E-state index contributed by atoms with van der Waals surface area (Å²) in [5.41, 5.74) is 0.517. The first kappa shape index (κ1) is 13.0. The van der Waals surface area contributed by atoms with Gasteiger partial charge in [-0.05, 0) is 12.1 Å². The molecular weight excluding hydrogens is 218 g/mol. The molecule has 0 bridgehead atoms. The molecule has 1 aromatic rings. The number of carbonyl (C=O) groups excluding carboxylic acids is 1. The Bertz CT molecular complexity index is 422. The van der Waals surface area contributed by atoms with Crippen molar-refractivity contribution in [3.05, 3.63) is 23.9 Å². The largest absolute Gasteiger partial charge is 0.469 e. The normalized spacial score (nSPS) is 11.4. The Balaban J connectivity index is 2.66. The summed E-state index contributed by atoms with van der Waals surface area (Å²) in [6, 6.07) is 5.45. The molecule has 0 aromatic carbocycles. The zero-order chi connectivity index (χ0) is 12.8. The van der Waals surface area contributed by atoms with E-state index in [0.29, 0.717) is 12.1 Å². The third-order valence-corrected chi connectivity index (χ3v) is 2.42. The van der Waals surface area contributed by atoms with Gasteiger partial charge in [-0.15, -0.1) is 0 Å². The number of nitriles is 1. The molecule has 0 saturated heterocycles. The Kier molecular flexibility index (Phi) is 4.46. The van der Waals surface area contributed by atoms with E-state index in [1.54, 1.807) is 19.1 Å². The fourth-order valence-electron chi connectivity index (χ4n) is 1.46. The van der Waals surface area contributed by atoms with Crippen molar-refractivity contribution >= 4 is 11.8 Å². The molecular formula is C12H15N3O2. The number of hydrogen-bond donors (Lipinski definition) is 0. The number of hydrogen-bond acceptors (Lipinski definition) is 5. The minimum Gasteiger partial charge on any atom is -0.469 e. The van der Waals surface area contributed by atoms with Crippen LogP contribution in [0.3, 0.4) is 0 Å². The van der Waals surface area contributed by atoms with E-state index in [1.165, 1.54) is 13.3 Å². The fourth-order valence-corrected chi connectivity index (χ4v) is 1.46. The molecule has 0 aliphatic rings. The van der Waals surface area contributed by atoms with Crippen molar-refractivity contribution < 1.29 is 9.53 Å². The summed E-state index contributed by atoms with van der Waals surface area (Å²) in [6.45, 7) is 2.32. The molecule has 1 atom stereocenters. The Morgan fingerprint density at radius 3 is 2.82 bits per heavy atom. The number of carbonyl (C=O) groups is 1. The Hall–Kier alpha value is -2.09. The molecule has 5 heteroatoms. The molecule has 0 saturated carbocycles. The lowest BCUT2D eigenvalue weighted by molar-refractivity contribution is -0.144. The van der Waals surface area contributed by atoms with E-state index < -0.39 is 0 Å². The maximum atomic E-state index is 11.3. The highest BCUT2D eigenvalue weighted by Crippen LogP contribution is 2.11. The highest BCUT2D eigenvalue weighted by atomic mass is 16.5. The SMILES string of the molecule is COC(=O)C(C)CN(C)c1ccc(C#N)cn1. The quantitative estimate of drug-likeness (QED) is 0.731. The fraction of sp³-hybridized carbons (Fsp3) is 0.417. The van der Waals surface area contributed by atoms with E-state index in [-0.39, 0.29) is 11.9 Å². The van der Waals surface area contributed by atoms with Gasteiger partial charge in [0.2, 0.25) is 0 Å². The number of methoxy groups -OCH3 is 1. The van der Waals surface area contributed by atoms with Crippen LogP contribution in [-0.2, 0) is 9.53 Å². The average molecular weight is 233 g/mol. The Morgan fingerprint density at radius 1 is 1.65 bits per heavy atom. The van der Waals surface area contributed by atoms with Crippen LogP contribution in [0.2, 0.25) is 0 Å². The number of aromatic nitrogens is 1. The molecule has 0 N–H and O–H groups in total. The highest BCUT2D eigenvalue weighted by molar-refractivity contribution is 5.72. The monoisotopic (exact) mass is 233 g/mol. The van der Waals surface area contributed by atoms with Gasteiger partial charge in [-0.3, -0.25) is 4.79 Å². The standard InChI is InChI=1S/C12H15N3O2/c1-9(12(16)17-3)8-15(2)11-5-4-10(6-13)7-14-11/h4-5,7,9H,8H2,1-3H3. The van der Waals surface area contributed by atoms with Gasteiger partial charge < -0.3 is 9.64 Å². The molecule has 90 valence electrons. The van der Waals surface area contributed by atoms with Crippen LogP contribution >= 0.6 is 0 Å². The average Bonchev–Trinajstić information content (AvgIpc) is 2.37. The summed E-state index contributed by atoms with van der Waals surface area (Å²) < 4.78 is 4.66. The smallest absolute Gasteiger partial charge is 0.310 e. The Morgan fingerprint density at radius 2 is 2.35 bits per heavy atom. The summed E-state index contributed by atoms with van der Waals surface area (Å²) in [5, 5.41) is 8.65. The number of rotatable bonds is 4. The number of anilines is 1. The molecule has 0 aliphatic carbocycles. The molecule has 5 nitrogen and oxygen atoms in total. The van der Waals surface area contributed by atoms with Crippen molar-refractivity contribution in [2.45, 2.75) is 6.92 Å². The third kappa shape index (κ3) is 3.45. The first-order valence-electron chi connectivity index (χ1n) is 5.23. The molecule has 0 spiro atoms. The number of ether oxygens (including phenoxy) is 1. The van der Waals surface area contributed by atoms with Crippen molar-refractivity contribution in [2.24, 2.45) is 5.92 Å². The number of pyridine rings is 1. The maximum Gasteiger partial charge on any atom is 0.310 e. The summed E-state index contributed by atoms with van der Waals surface area (Å²) in [4.78, 5) is 17.3. The van der Waals surface area contributed by atoms with Crippen LogP contribution in [-0.4, -0.2) is 31.7 Å². The van der Waals surface area contributed by atoms with Crippen LogP contribution in [0.1, 0.15) is 12.5 Å². The summed E-state index contributed by atoms with van der Waals surface area (Å²) in [7, 11) is 3.21. The van der Waals surface area contributed by atoms with Crippen molar-refractivity contribution in [2.75, 3.05) is 25.6 Å². The minimum atomic E-state index is -0.245. The van der Waals surface area contributed by atoms with Crippen molar-refractivity contribution in [3.63, 3.8) is 0 Å². The van der Waals surface area contributed by atoms with Gasteiger partial charge in [0.05, 0.1) is 18.6 Å². The predicted octanol–water partition coefficient (Wildman–Crippen LogP) is 1.20. The molecule has 1 rings (SSSR count). The van der Waals surface area contributed by atoms with Crippen molar-refractivity contribution in [1.82, 2.24) is 4.98 Å². The van der Waals surface area contributed by atoms with E-state index in [2.05, 4.69) is 9.72 Å². The first-order chi connectivity index (χ1) is 8.08. The van der Waals surface area contributed by atoms with Gasteiger partial charge in [-0.2, -0.15) is 5.26 Å². The van der Waals surface area contributed by atoms with Gasteiger partial charge in [-0.1, -0.05) is 6.92 Å². The lowest BCUT2D eigenvalue weighted by Gasteiger charge is -2.20. The second-order valence-corrected chi connectivity index (χ2v) is 3.82. The zero-order valence-electron chi connectivity index (χ0n) is 10.2. The molecule has 0 radical (unpaired) electrons. The van der Waals surface area contributed by atoms with Gasteiger partial charge >= 0.3 is 5.97 Å². The second-order valence-electron chi connectivity index (χ2n) is 3.82. The van der Waals surface area contributed by atoms with E-state index >= 15 is 0 Å². The summed E-state index contributed by atoms with van der Waals surface area (Å²) >= 11 is 0. The molecule has 0 fully saturated rings. The van der Waals surface area contributed by atoms with Gasteiger partial charge in [0, 0.05) is 19.8 Å². The van der Waals surface area contributed by atoms with Crippen LogP contribution in [0.5, 0.6) is 0 Å². The van der Waals surface area contributed by atoms with E-state index in [9.17, 15) is 4.79 Å². The zero-order valence-corrected chi connectivity index (χ0v) is 10.2. The molecule has 0 aliphatic heterocycles. The van der Waals surface area contributed by atoms with Crippen LogP contribution in [0.4, 0.5) is 5.82 Å². The van der Waals surface area contributed by atoms with Crippen LogP contribution < -0.4 is 4.90 Å². The van der Waals surface area contributed by atoms with Crippen LogP contribution in [0.15, 0.2) is 18.3 Å². The summed E-state index contributed by atoms with van der Waals surface area (Å²) in [6.07, 6.45) is 1.51. The van der Waals surface area contributed by atoms with Gasteiger partial charge in [0.25, 0.3) is 0 Å². The van der Waals surface area contributed by atoms with E-state index in [0.717, 1.165) is 5.82 Å². The first-order valence-corrected chi connectivity index (χ1v) is 5.23. The number of esters is 1. The second kappa shape index (κ2) is 5.85. The summed E-state index contributed by atoms with van der Waals surface area (Å²) in [5.74, 6) is 0.257. The van der Waals surface area contributed by atoms with E-state index in [1.807, 2.05) is 18.0 Å². The third-order valence-electron chi connectivity index (χ3n) is 2.42. The van der Waals surface area contributed by atoms with Crippen molar-refractivity contribution in [1.29, 1.82) is 5.26 Å². The molecule has 1 unspecified atom stereocenters. The highest BCUT2D eigenvalue weighted by Gasteiger charge is 2.16. The lowest BCUT2D eigenvalue weighted by atomic mass is 10.2. The topological polar surface area (TPSA) is 66.2 Å². The Labute approximate surface area is 101 Å². The molecule has 1 heterocycles. The predicted molar refractivity (Wildman–Crippen MR) is 63.4 cm³/mol. The van der Waals surface area contributed by atoms with Crippen LogP contribution in [0.25, 0.3) is 0 Å². The molecule has 1 aromatic heterocycles. The lowest BCUT2D eigenvalue weighted by Crippen LogP contribution is -2.29. The van der Waals surface area contributed by atoms with Gasteiger partial charge in [-0.25, -0.2) is 4.98 Å². The minimum absolute atomic E-state index is 0.220. The number of nitrogens with zero attached hydrogens (tertiary/aromatic N) is 3. The van der Waals surface area contributed by atoms with Crippen LogP contribution in [0, 0.1) is 17.2 Å². The van der Waals surface area contributed by atoms with Gasteiger partial charge in [0.15, 0.2) is 0 Å². The van der Waals surface area contributed by atoms with Gasteiger partial charge in [0.1, 0.15) is 11.9 Å². The molecule has 0 amide bonds. The van der Waals surface area contributed by atoms with Crippen molar-refractivity contribution in [3.8, 4) is 6.07 Å². The van der Waals surface area contributed by atoms with E-state index in [4.69, 9.17) is 5.26 Å². The maximum absolute atomic E-state index is 11.3. The molecule has 17 heavy (non-hydrogen) atoms.